The first-order chi connectivity index (χ1) is 10.2. The number of aromatic nitrogens is 1. The van der Waals surface area contributed by atoms with Gasteiger partial charge >= 0.3 is 0 Å². The van der Waals surface area contributed by atoms with E-state index in [0.29, 0.717) is 11.8 Å². The van der Waals surface area contributed by atoms with Gasteiger partial charge in [0.25, 0.3) is 0 Å². The molecule has 4 nitrogen and oxygen atoms in total. The zero-order valence-electron chi connectivity index (χ0n) is 13.2. The summed E-state index contributed by atoms with van der Waals surface area (Å²) < 4.78 is 11.0. The van der Waals surface area contributed by atoms with Gasteiger partial charge < -0.3 is 9.47 Å². The minimum Gasteiger partial charge on any atom is -0.381 e. The molecule has 0 aromatic carbocycles. The van der Waals surface area contributed by atoms with E-state index >= 15 is 0 Å². The van der Waals surface area contributed by atoms with Gasteiger partial charge in [-0.3, -0.25) is 9.88 Å². The number of nitrogens with zero attached hydrogens (tertiary/aromatic N) is 2. The van der Waals surface area contributed by atoms with E-state index in [-0.39, 0.29) is 0 Å². The maximum absolute atomic E-state index is 5.57. The topological polar surface area (TPSA) is 34.6 Å². The van der Waals surface area contributed by atoms with Crippen LogP contribution in [0.2, 0.25) is 0 Å². The fourth-order valence-electron chi connectivity index (χ4n) is 3.10. The third-order valence-electron chi connectivity index (χ3n) is 4.47. The molecule has 0 bridgehead atoms. The first-order valence-electron chi connectivity index (χ1n) is 8.11. The fourth-order valence-corrected chi connectivity index (χ4v) is 3.10. The highest BCUT2D eigenvalue weighted by Crippen LogP contribution is 2.29. The molecule has 21 heavy (non-hydrogen) atoms. The molecular formula is C17H26N2O2. The molecule has 0 aliphatic carbocycles. The Balaban J connectivity index is 1.83. The van der Waals surface area contributed by atoms with Crippen molar-refractivity contribution in [2.24, 2.45) is 0 Å². The molecule has 116 valence electrons. The Kier molecular flexibility index (Phi) is 4.88. The Bertz CT molecular complexity index is 464. The monoisotopic (exact) mass is 290 g/mol. The maximum atomic E-state index is 5.57. The SMILES string of the molecule is CC(C)c1ccc(C2CCOC2)c(CN2CCOCC2)n1. The molecule has 2 saturated heterocycles. The summed E-state index contributed by atoms with van der Waals surface area (Å²) >= 11 is 0. The van der Waals surface area contributed by atoms with Crippen molar-refractivity contribution in [1.29, 1.82) is 0 Å². The lowest BCUT2D eigenvalue weighted by Gasteiger charge is -2.28. The number of hydrogen-bond acceptors (Lipinski definition) is 4. The standard InChI is InChI=1S/C17H26N2O2/c1-13(2)16-4-3-15(14-5-8-21-12-14)17(18-16)11-19-6-9-20-10-7-19/h3-4,13-14H,5-12H2,1-2H3. The minimum absolute atomic E-state index is 0.474. The lowest BCUT2D eigenvalue weighted by molar-refractivity contribution is 0.0334. The van der Waals surface area contributed by atoms with Crippen molar-refractivity contribution in [2.45, 2.75) is 38.6 Å². The van der Waals surface area contributed by atoms with E-state index in [1.165, 1.54) is 17.0 Å². The molecule has 2 fully saturated rings. The van der Waals surface area contributed by atoms with Crippen LogP contribution in [0.1, 0.15) is 49.1 Å². The molecule has 1 unspecified atom stereocenters. The van der Waals surface area contributed by atoms with E-state index < -0.39 is 0 Å². The quantitative estimate of drug-likeness (QED) is 0.853. The smallest absolute Gasteiger partial charge is 0.0594 e. The van der Waals surface area contributed by atoms with Gasteiger partial charge in [0.15, 0.2) is 0 Å². The molecule has 0 N–H and O–H groups in total. The Morgan fingerprint density at radius 1 is 1.19 bits per heavy atom. The van der Waals surface area contributed by atoms with Crippen LogP contribution in [0.3, 0.4) is 0 Å². The summed E-state index contributed by atoms with van der Waals surface area (Å²) in [6.07, 6.45) is 1.12. The zero-order chi connectivity index (χ0) is 14.7. The first-order valence-corrected chi connectivity index (χ1v) is 8.11. The van der Waals surface area contributed by atoms with E-state index in [1.807, 2.05) is 0 Å². The molecule has 4 heteroatoms. The van der Waals surface area contributed by atoms with Crippen LogP contribution in [0.5, 0.6) is 0 Å². The van der Waals surface area contributed by atoms with Gasteiger partial charge in [0.2, 0.25) is 0 Å². The largest absolute Gasteiger partial charge is 0.381 e. The molecule has 2 aliphatic heterocycles. The van der Waals surface area contributed by atoms with Gasteiger partial charge in [0.1, 0.15) is 0 Å². The summed E-state index contributed by atoms with van der Waals surface area (Å²) in [6, 6.07) is 4.48. The molecule has 1 aromatic rings. The van der Waals surface area contributed by atoms with Crippen molar-refractivity contribution in [3.63, 3.8) is 0 Å². The molecule has 0 amide bonds. The summed E-state index contributed by atoms with van der Waals surface area (Å²) in [6.45, 7) is 10.8. The van der Waals surface area contributed by atoms with Crippen molar-refractivity contribution in [2.75, 3.05) is 39.5 Å². The lowest BCUT2D eigenvalue weighted by atomic mass is 9.95. The zero-order valence-corrected chi connectivity index (χ0v) is 13.2. The molecule has 1 atom stereocenters. The first kappa shape index (κ1) is 14.9. The normalized spacial score (nSPS) is 23.9. The number of rotatable bonds is 4. The van der Waals surface area contributed by atoms with Crippen LogP contribution in [0.15, 0.2) is 12.1 Å². The highest BCUT2D eigenvalue weighted by atomic mass is 16.5. The summed E-state index contributed by atoms with van der Waals surface area (Å²) in [4.78, 5) is 7.43. The van der Waals surface area contributed by atoms with Gasteiger partial charge in [-0.2, -0.15) is 0 Å². The lowest BCUT2D eigenvalue weighted by Crippen LogP contribution is -2.36. The van der Waals surface area contributed by atoms with Crippen LogP contribution in [0, 0.1) is 0 Å². The molecular weight excluding hydrogens is 264 g/mol. The fraction of sp³-hybridized carbons (Fsp3) is 0.706. The molecule has 3 heterocycles. The van der Waals surface area contributed by atoms with Gasteiger partial charge in [0.05, 0.1) is 25.5 Å². The Morgan fingerprint density at radius 2 is 2.00 bits per heavy atom. The van der Waals surface area contributed by atoms with Crippen LogP contribution in [-0.2, 0) is 16.0 Å². The summed E-state index contributed by atoms with van der Waals surface area (Å²) in [7, 11) is 0. The van der Waals surface area contributed by atoms with Crippen molar-refractivity contribution >= 4 is 0 Å². The molecule has 0 radical (unpaired) electrons. The Hall–Kier alpha value is -0.970. The van der Waals surface area contributed by atoms with Crippen molar-refractivity contribution in [1.82, 2.24) is 9.88 Å². The van der Waals surface area contributed by atoms with Crippen molar-refractivity contribution in [3.05, 3.63) is 29.1 Å². The second-order valence-corrected chi connectivity index (χ2v) is 6.38. The third kappa shape index (κ3) is 3.62. The number of pyridine rings is 1. The predicted octanol–water partition coefficient (Wildman–Crippen LogP) is 2.54. The molecule has 3 rings (SSSR count). The van der Waals surface area contributed by atoms with Crippen LogP contribution in [0.4, 0.5) is 0 Å². The third-order valence-corrected chi connectivity index (χ3v) is 4.47. The number of morpholine rings is 1. The highest BCUT2D eigenvalue weighted by Gasteiger charge is 2.23. The maximum Gasteiger partial charge on any atom is 0.0594 e. The van der Waals surface area contributed by atoms with Crippen LogP contribution in [0.25, 0.3) is 0 Å². The van der Waals surface area contributed by atoms with Gasteiger partial charge in [-0.05, 0) is 24.0 Å². The van der Waals surface area contributed by atoms with Gasteiger partial charge in [-0.25, -0.2) is 0 Å². The molecule has 2 aliphatic rings. The highest BCUT2D eigenvalue weighted by molar-refractivity contribution is 5.28. The summed E-state index contributed by atoms with van der Waals surface area (Å²) in [5.41, 5.74) is 3.84. The average molecular weight is 290 g/mol. The van der Waals surface area contributed by atoms with E-state index in [9.17, 15) is 0 Å². The van der Waals surface area contributed by atoms with Gasteiger partial charge in [0, 0.05) is 37.9 Å². The second kappa shape index (κ2) is 6.86. The Labute approximate surface area is 127 Å². The second-order valence-electron chi connectivity index (χ2n) is 6.38. The molecule has 0 spiro atoms. The van der Waals surface area contributed by atoms with Gasteiger partial charge in [-0.1, -0.05) is 19.9 Å². The molecule has 1 aromatic heterocycles. The summed E-state index contributed by atoms with van der Waals surface area (Å²) in [5, 5.41) is 0. The average Bonchev–Trinajstić information content (AvgIpc) is 3.02. The predicted molar refractivity (Wildman–Crippen MR) is 82.6 cm³/mol. The summed E-state index contributed by atoms with van der Waals surface area (Å²) in [5.74, 6) is 0.997. The van der Waals surface area contributed by atoms with E-state index in [0.717, 1.165) is 52.5 Å². The van der Waals surface area contributed by atoms with Crippen LogP contribution < -0.4 is 0 Å². The van der Waals surface area contributed by atoms with E-state index in [2.05, 4.69) is 30.9 Å². The van der Waals surface area contributed by atoms with E-state index in [1.54, 1.807) is 0 Å². The van der Waals surface area contributed by atoms with Crippen molar-refractivity contribution < 1.29 is 9.47 Å². The van der Waals surface area contributed by atoms with E-state index in [4.69, 9.17) is 14.5 Å². The minimum atomic E-state index is 0.474. The Morgan fingerprint density at radius 3 is 2.67 bits per heavy atom. The van der Waals surface area contributed by atoms with Crippen molar-refractivity contribution in [3.8, 4) is 0 Å². The molecule has 0 saturated carbocycles. The van der Waals surface area contributed by atoms with Gasteiger partial charge in [-0.15, -0.1) is 0 Å². The number of hydrogen-bond donors (Lipinski definition) is 0. The van der Waals surface area contributed by atoms with Crippen LogP contribution >= 0.6 is 0 Å². The number of ether oxygens (including phenoxy) is 2. The van der Waals surface area contributed by atoms with Crippen LogP contribution in [-0.4, -0.2) is 49.4 Å².